The van der Waals surface area contributed by atoms with Gasteiger partial charge in [-0.1, -0.05) is 0 Å². The molecule has 1 aliphatic rings. The van der Waals surface area contributed by atoms with Gasteiger partial charge in [0.2, 0.25) is 5.91 Å². The second-order valence-electron chi connectivity index (χ2n) is 4.31. The molecule has 0 bridgehead atoms. The first-order valence-electron chi connectivity index (χ1n) is 5.11. The summed E-state index contributed by atoms with van der Waals surface area (Å²) >= 11 is 0. The molecule has 5 nitrogen and oxygen atoms in total. The third-order valence-corrected chi connectivity index (χ3v) is 3.10. The number of carbonyl (C=O) groups is 1. The topological polar surface area (TPSA) is 86.9 Å². The summed E-state index contributed by atoms with van der Waals surface area (Å²) in [6.45, 7) is 2.31. The van der Waals surface area contributed by atoms with E-state index in [1.54, 1.807) is 10.9 Å². The Bertz CT molecular complexity index is 383. The third kappa shape index (κ3) is 1.74. The average Bonchev–Trinajstić information content (AvgIpc) is 2.94. The number of primary amides is 1. The molecule has 1 aliphatic carbocycles. The molecule has 2 rings (SSSR count). The molecule has 1 heterocycles. The Balaban J connectivity index is 2.21. The van der Waals surface area contributed by atoms with Crippen LogP contribution in [0.25, 0.3) is 0 Å². The molecule has 1 fully saturated rings. The van der Waals surface area contributed by atoms with E-state index in [1.165, 1.54) is 0 Å². The minimum atomic E-state index is -0.934. The Hall–Kier alpha value is -1.36. The molecule has 0 aliphatic heterocycles. The molecule has 1 amide bonds. The van der Waals surface area contributed by atoms with Crippen molar-refractivity contribution < 1.29 is 4.79 Å². The predicted octanol–water partition coefficient (Wildman–Crippen LogP) is -0.216. The minimum Gasteiger partial charge on any atom is -0.368 e. The minimum absolute atomic E-state index is 0.221. The molecule has 0 spiro atoms. The van der Waals surface area contributed by atoms with E-state index in [1.807, 2.05) is 13.0 Å². The Morgan fingerprint density at radius 1 is 1.73 bits per heavy atom. The van der Waals surface area contributed by atoms with E-state index in [-0.39, 0.29) is 5.92 Å². The number of hydrogen-bond acceptors (Lipinski definition) is 3. The Kier molecular flexibility index (Phi) is 2.26. The maximum Gasteiger partial charge on any atom is 0.239 e. The Morgan fingerprint density at radius 3 is 2.80 bits per heavy atom. The van der Waals surface area contributed by atoms with E-state index in [0.29, 0.717) is 6.54 Å². The zero-order chi connectivity index (χ0) is 11.1. The largest absolute Gasteiger partial charge is 0.368 e. The van der Waals surface area contributed by atoms with Crippen LogP contribution < -0.4 is 11.5 Å². The van der Waals surface area contributed by atoms with Gasteiger partial charge in [0.05, 0.1) is 6.54 Å². The van der Waals surface area contributed by atoms with Crippen molar-refractivity contribution in [2.24, 2.45) is 17.4 Å². The molecule has 82 valence electrons. The monoisotopic (exact) mass is 208 g/mol. The average molecular weight is 208 g/mol. The van der Waals surface area contributed by atoms with E-state index < -0.39 is 11.4 Å². The lowest BCUT2D eigenvalue weighted by atomic mass is 9.93. The molecular weight excluding hydrogens is 192 g/mol. The highest BCUT2D eigenvalue weighted by molar-refractivity contribution is 5.85. The van der Waals surface area contributed by atoms with Gasteiger partial charge in [0.25, 0.3) is 0 Å². The lowest BCUT2D eigenvalue weighted by Crippen LogP contribution is -2.57. The standard InChI is InChI=1S/C10H16N4O/c1-7-4-5-13-14(7)6-10(12,9(11)15)8-2-3-8/h4-5,8H,2-3,6,12H2,1H3,(H2,11,15). The molecular formula is C10H16N4O. The molecule has 0 aromatic carbocycles. The number of nitrogens with two attached hydrogens (primary N) is 2. The summed E-state index contributed by atoms with van der Waals surface area (Å²) in [7, 11) is 0. The van der Waals surface area contributed by atoms with Crippen molar-refractivity contribution in [1.82, 2.24) is 9.78 Å². The van der Waals surface area contributed by atoms with Crippen LogP contribution in [0.2, 0.25) is 0 Å². The number of carbonyl (C=O) groups excluding carboxylic acids is 1. The molecule has 1 unspecified atom stereocenters. The lowest BCUT2D eigenvalue weighted by Gasteiger charge is -2.26. The second kappa shape index (κ2) is 3.34. The van der Waals surface area contributed by atoms with Crippen LogP contribution in [0.4, 0.5) is 0 Å². The van der Waals surface area contributed by atoms with Gasteiger partial charge < -0.3 is 11.5 Å². The number of hydrogen-bond donors (Lipinski definition) is 2. The SMILES string of the molecule is Cc1ccnn1CC(N)(C(N)=O)C1CC1. The quantitative estimate of drug-likeness (QED) is 0.717. The normalized spacial score (nSPS) is 19.9. The lowest BCUT2D eigenvalue weighted by molar-refractivity contribution is -0.124. The first kappa shape index (κ1) is 10.2. The Labute approximate surface area is 88.4 Å². The number of rotatable bonds is 4. The van der Waals surface area contributed by atoms with Crippen LogP contribution in [0.1, 0.15) is 18.5 Å². The van der Waals surface area contributed by atoms with Gasteiger partial charge in [-0.25, -0.2) is 0 Å². The molecule has 0 saturated heterocycles. The van der Waals surface area contributed by atoms with Crippen molar-refractivity contribution in [3.05, 3.63) is 18.0 Å². The van der Waals surface area contributed by atoms with Crippen LogP contribution in [-0.4, -0.2) is 21.2 Å². The van der Waals surface area contributed by atoms with E-state index in [4.69, 9.17) is 11.5 Å². The fraction of sp³-hybridized carbons (Fsp3) is 0.600. The third-order valence-electron chi connectivity index (χ3n) is 3.10. The van der Waals surface area contributed by atoms with Crippen molar-refractivity contribution in [3.8, 4) is 0 Å². The van der Waals surface area contributed by atoms with Crippen molar-refractivity contribution in [1.29, 1.82) is 0 Å². The van der Waals surface area contributed by atoms with Crippen LogP contribution in [0.15, 0.2) is 12.3 Å². The zero-order valence-electron chi connectivity index (χ0n) is 8.81. The summed E-state index contributed by atoms with van der Waals surface area (Å²) in [5.74, 6) is -0.210. The highest BCUT2D eigenvalue weighted by Crippen LogP contribution is 2.39. The number of aromatic nitrogens is 2. The van der Waals surface area contributed by atoms with Gasteiger partial charge in [0, 0.05) is 11.9 Å². The molecule has 1 saturated carbocycles. The van der Waals surface area contributed by atoms with E-state index >= 15 is 0 Å². The highest BCUT2D eigenvalue weighted by Gasteiger charge is 2.47. The van der Waals surface area contributed by atoms with Gasteiger partial charge in [-0.3, -0.25) is 9.48 Å². The van der Waals surface area contributed by atoms with Crippen molar-refractivity contribution in [2.75, 3.05) is 0 Å². The fourth-order valence-corrected chi connectivity index (χ4v) is 1.82. The summed E-state index contributed by atoms with van der Waals surface area (Å²) in [5, 5.41) is 4.12. The molecule has 1 aromatic rings. The van der Waals surface area contributed by atoms with Gasteiger partial charge in [-0.2, -0.15) is 5.10 Å². The van der Waals surface area contributed by atoms with Crippen LogP contribution in [0, 0.1) is 12.8 Å². The van der Waals surface area contributed by atoms with Crippen LogP contribution in [-0.2, 0) is 11.3 Å². The van der Waals surface area contributed by atoms with Crippen LogP contribution in [0.3, 0.4) is 0 Å². The number of amides is 1. The summed E-state index contributed by atoms with van der Waals surface area (Å²) in [6.07, 6.45) is 3.67. The van der Waals surface area contributed by atoms with E-state index in [9.17, 15) is 4.79 Å². The molecule has 1 atom stereocenters. The predicted molar refractivity (Wildman–Crippen MR) is 55.8 cm³/mol. The van der Waals surface area contributed by atoms with Gasteiger partial charge in [-0.15, -0.1) is 0 Å². The number of nitrogens with zero attached hydrogens (tertiary/aromatic N) is 2. The summed E-state index contributed by atoms with van der Waals surface area (Å²) in [4.78, 5) is 11.4. The number of aryl methyl sites for hydroxylation is 1. The van der Waals surface area contributed by atoms with Gasteiger partial charge in [0.15, 0.2) is 0 Å². The zero-order valence-corrected chi connectivity index (χ0v) is 8.81. The van der Waals surface area contributed by atoms with Crippen molar-refractivity contribution >= 4 is 5.91 Å². The van der Waals surface area contributed by atoms with E-state index in [2.05, 4.69) is 5.10 Å². The molecule has 4 N–H and O–H groups in total. The summed E-state index contributed by atoms with van der Waals surface area (Å²) in [5.41, 5.74) is 11.5. The Morgan fingerprint density at radius 2 is 2.40 bits per heavy atom. The van der Waals surface area contributed by atoms with Gasteiger partial charge in [-0.05, 0) is 31.7 Å². The molecule has 0 radical (unpaired) electrons. The highest BCUT2D eigenvalue weighted by atomic mass is 16.1. The molecule has 5 heteroatoms. The van der Waals surface area contributed by atoms with E-state index in [0.717, 1.165) is 18.5 Å². The summed E-state index contributed by atoms with van der Waals surface area (Å²) in [6, 6.07) is 1.88. The van der Waals surface area contributed by atoms with Gasteiger partial charge in [0.1, 0.15) is 5.54 Å². The maximum absolute atomic E-state index is 11.4. The molecule has 15 heavy (non-hydrogen) atoms. The second-order valence-corrected chi connectivity index (χ2v) is 4.31. The van der Waals surface area contributed by atoms with Crippen molar-refractivity contribution in [3.63, 3.8) is 0 Å². The first-order chi connectivity index (χ1) is 7.04. The molecule has 1 aromatic heterocycles. The van der Waals surface area contributed by atoms with Crippen LogP contribution >= 0.6 is 0 Å². The van der Waals surface area contributed by atoms with Crippen molar-refractivity contribution in [2.45, 2.75) is 31.8 Å². The summed E-state index contributed by atoms with van der Waals surface area (Å²) < 4.78 is 1.74. The smallest absolute Gasteiger partial charge is 0.239 e. The van der Waals surface area contributed by atoms with Gasteiger partial charge >= 0.3 is 0 Å². The fourth-order valence-electron chi connectivity index (χ4n) is 1.82. The maximum atomic E-state index is 11.4. The first-order valence-corrected chi connectivity index (χ1v) is 5.11. The van der Waals surface area contributed by atoms with Crippen LogP contribution in [0.5, 0.6) is 0 Å².